The van der Waals surface area contributed by atoms with Gasteiger partial charge in [0.15, 0.2) is 0 Å². The third-order valence-corrected chi connectivity index (χ3v) is 4.97. The third-order valence-electron chi connectivity index (χ3n) is 4.97. The maximum atomic E-state index is 12.3. The highest BCUT2D eigenvalue weighted by molar-refractivity contribution is 5.89. The van der Waals surface area contributed by atoms with E-state index in [-0.39, 0.29) is 17.7 Å². The number of amides is 2. The van der Waals surface area contributed by atoms with Crippen LogP contribution < -0.4 is 5.32 Å². The minimum atomic E-state index is -0.204. The molecule has 3 rings (SSSR count). The molecule has 2 N–H and O–H groups in total. The molecule has 0 unspecified atom stereocenters. The van der Waals surface area contributed by atoms with E-state index >= 15 is 0 Å². The number of aromatic nitrogens is 2. The monoisotopic (exact) mass is 332 g/mol. The van der Waals surface area contributed by atoms with Crippen molar-refractivity contribution in [3.05, 3.63) is 17.0 Å². The van der Waals surface area contributed by atoms with Crippen LogP contribution >= 0.6 is 0 Å². The van der Waals surface area contributed by atoms with Gasteiger partial charge in [-0.2, -0.15) is 5.10 Å². The molecule has 0 aromatic carbocycles. The first-order chi connectivity index (χ1) is 11.5. The average Bonchev–Trinajstić information content (AvgIpc) is 3.11. The van der Waals surface area contributed by atoms with Crippen molar-refractivity contribution in [2.75, 3.05) is 19.6 Å². The number of fused-ring (bicyclic) bond motifs is 1. The SMILES string of the molecule is CC(C)CN1C[C@H](C(=O)NCCc2n[nH]c3c2CCCC3)CC1=O. The molecule has 6 heteroatoms. The molecular formula is C18H28N4O2. The van der Waals surface area contributed by atoms with Crippen molar-refractivity contribution in [2.45, 2.75) is 52.4 Å². The summed E-state index contributed by atoms with van der Waals surface area (Å²) in [5.41, 5.74) is 3.72. The highest BCUT2D eigenvalue weighted by Crippen LogP contribution is 2.22. The summed E-state index contributed by atoms with van der Waals surface area (Å²) in [6, 6.07) is 0. The summed E-state index contributed by atoms with van der Waals surface area (Å²) in [7, 11) is 0. The van der Waals surface area contributed by atoms with Gasteiger partial charge in [-0.3, -0.25) is 14.7 Å². The van der Waals surface area contributed by atoms with Gasteiger partial charge in [0.25, 0.3) is 0 Å². The lowest BCUT2D eigenvalue weighted by Gasteiger charge is -2.18. The Morgan fingerprint density at radius 1 is 1.38 bits per heavy atom. The zero-order chi connectivity index (χ0) is 17.1. The molecule has 0 radical (unpaired) electrons. The molecule has 1 atom stereocenters. The van der Waals surface area contributed by atoms with E-state index < -0.39 is 0 Å². The van der Waals surface area contributed by atoms with E-state index in [1.165, 1.54) is 24.1 Å². The standard InChI is InChI=1S/C18H28N4O2/c1-12(2)10-22-11-13(9-17(22)23)18(24)19-8-7-16-14-5-3-4-6-15(14)20-21-16/h12-13H,3-11H2,1-2H3,(H,19,24)(H,20,21)/t13-/m1/s1. The van der Waals surface area contributed by atoms with Gasteiger partial charge in [0.2, 0.25) is 11.8 Å². The lowest BCUT2D eigenvalue weighted by molar-refractivity contribution is -0.129. The van der Waals surface area contributed by atoms with E-state index in [0.29, 0.717) is 25.4 Å². The molecule has 1 fully saturated rings. The molecule has 132 valence electrons. The van der Waals surface area contributed by atoms with Gasteiger partial charge in [0.05, 0.1) is 11.6 Å². The van der Waals surface area contributed by atoms with Crippen molar-refractivity contribution in [2.24, 2.45) is 11.8 Å². The Bertz CT molecular complexity index is 608. The zero-order valence-corrected chi connectivity index (χ0v) is 14.7. The van der Waals surface area contributed by atoms with Gasteiger partial charge >= 0.3 is 0 Å². The summed E-state index contributed by atoms with van der Waals surface area (Å²) in [5, 5.41) is 10.5. The van der Waals surface area contributed by atoms with Crippen molar-refractivity contribution in [1.82, 2.24) is 20.4 Å². The fourth-order valence-electron chi connectivity index (χ4n) is 3.77. The van der Waals surface area contributed by atoms with Crippen molar-refractivity contribution in [3.8, 4) is 0 Å². The predicted octanol–water partition coefficient (Wildman–Crippen LogP) is 1.45. The van der Waals surface area contributed by atoms with Gasteiger partial charge in [-0.25, -0.2) is 0 Å². The van der Waals surface area contributed by atoms with Crippen LogP contribution in [-0.4, -0.2) is 46.5 Å². The number of nitrogens with one attached hydrogen (secondary N) is 2. The van der Waals surface area contributed by atoms with E-state index in [9.17, 15) is 9.59 Å². The highest BCUT2D eigenvalue weighted by atomic mass is 16.2. The largest absolute Gasteiger partial charge is 0.355 e. The van der Waals surface area contributed by atoms with E-state index in [1.807, 2.05) is 4.90 Å². The Labute approximate surface area is 143 Å². The minimum absolute atomic E-state index is 0.000917. The Kier molecular flexibility index (Phi) is 5.21. The molecule has 1 aliphatic heterocycles. The van der Waals surface area contributed by atoms with Crippen molar-refractivity contribution < 1.29 is 9.59 Å². The number of H-pyrrole nitrogens is 1. The molecule has 1 saturated heterocycles. The van der Waals surface area contributed by atoms with Crippen LogP contribution in [0, 0.1) is 11.8 Å². The summed E-state index contributed by atoms with van der Waals surface area (Å²) in [6.45, 7) is 6.06. The minimum Gasteiger partial charge on any atom is -0.355 e. The van der Waals surface area contributed by atoms with Crippen LogP contribution in [0.1, 0.15) is 50.1 Å². The Morgan fingerprint density at radius 2 is 2.17 bits per heavy atom. The molecule has 1 aromatic heterocycles. The summed E-state index contributed by atoms with van der Waals surface area (Å²) in [5.74, 6) is 0.329. The molecule has 6 nitrogen and oxygen atoms in total. The van der Waals surface area contributed by atoms with Crippen LogP contribution in [0.15, 0.2) is 0 Å². The van der Waals surface area contributed by atoms with E-state index in [4.69, 9.17) is 0 Å². The van der Waals surface area contributed by atoms with E-state index in [2.05, 4.69) is 29.4 Å². The summed E-state index contributed by atoms with van der Waals surface area (Å²) >= 11 is 0. The maximum Gasteiger partial charge on any atom is 0.225 e. The van der Waals surface area contributed by atoms with Crippen molar-refractivity contribution in [3.63, 3.8) is 0 Å². The average molecular weight is 332 g/mol. The Morgan fingerprint density at radius 3 is 2.96 bits per heavy atom. The fraction of sp³-hybridized carbons (Fsp3) is 0.722. The number of rotatable bonds is 6. The molecule has 1 aliphatic carbocycles. The zero-order valence-electron chi connectivity index (χ0n) is 14.7. The smallest absolute Gasteiger partial charge is 0.225 e. The van der Waals surface area contributed by atoms with Gasteiger partial charge in [-0.1, -0.05) is 13.8 Å². The summed E-state index contributed by atoms with van der Waals surface area (Å²) in [4.78, 5) is 26.1. The molecule has 24 heavy (non-hydrogen) atoms. The first kappa shape index (κ1) is 17.0. The number of carbonyl (C=O) groups excluding carboxylic acids is 2. The number of aryl methyl sites for hydroxylation is 1. The molecule has 2 aliphatic rings. The highest BCUT2D eigenvalue weighted by Gasteiger charge is 2.34. The van der Waals surface area contributed by atoms with Crippen LogP contribution in [0.25, 0.3) is 0 Å². The fourth-order valence-corrected chi connectivity index (χ4v) is 3.77. The maximum absolute atomic E-state index is 12.3. The molecule has 1 aromatic rings. The summed E-state index contributed by atoms with van der Waals surface area (Å²) < 4.78 is 0. The number of likely N-dealkylation sites (tertiary alicyclic amines) is 1. The lowest BCUT2D eigenvalue weighted by Crippen LogP contribution is -2.35. The van der Waals surface area contributed by atoms with Crippen LogP contribution in [0.4, 0.5) is 0 Å². The normalized spacial score (nSPS) is 20.5. The van der Waals surface area contributed by atoms with Gasteiger partial charge in [0, 0.05) is 38.2 Å². The lowest BCUT2D eigenvalue weighted by atomic mass is 9.95. The Hall–Kier alpha value is -1.85. The number of hydrogen-bond acceptors (Lipinski definition) is 3. The van der Waals surface area contributed by atoms with Crippen LogP contribution in [0.5, 0.6) is 0 Å². The summed E-state index contributed by atoms with van der Waals surface area (Å²) in [6.07, 6.45) is 5.74. The van der Waals surface area contributed by atoms with Crippen LogP contribution in [0.2, 0.25) is 0 Å². The molecule has 2 heterocycles. The number of aromatic amines is 1. The second-order valence-corrected chi connectivity index (χ2v) is 7.47. The van der Waals surface area contributed by atoms with Crippen molar-refractivity contribution >= 4 is 11.8 Å². The van der Waals surface area contributed by atoms with Crippen molar-refractivity contribution in [1.29, 1.82) is 0 Å². The third kappa shape index (κ3) is 3.79. The number of carbonyl (C=O) groups is 2. The molecular weight excluding hydrogens is 304 g/mol. The quantitative estimate of drug-likeness (QED) is 0.828. The Balaban J connectivity index is 1.46. The van der Waals surface area contributed by atoms with E-state index in [0.717, 1.165) is 31.5 Å². The van der Waals surface area contributed by atoms with E-state index in [1.54, 1.807) is 0 Å². The van der Waals surface area contributed by atoms with Gasteiger partial charge in [-0.05, 0) is 37.2 Å². The molecule has 0 spiro atoms. The second-order valence-electron chi connectivity index (χ2n) is 7.47. The second kappa shape index (κ2) is 7.36. The molecule has 0 saturated carbocycles. The van der Waals surface area contributed by atoms with Gasteiger partial charge in [0.1, 0.15) is 0 Å². The van der Waals surface area contributed by atoms with Crippen LogP contribution in [0.3, 0.4) is 0 Å². The van der Waals surface area contributed by atoms with Crippen LogP contribution in [-0.2, 0) is 28.9 Å². The first-order valence-electron chi connectivity index (χ1n) is 9.15. The topological polar surface area (TPSA) is 78.1 Å². The molecule has 0 bridgehead atoms. The number of nitrogens with zero attached hydrogens (tertiary/aromatic N) is 2. The van der Waals surface area contributed by atoms with Gasteiger partial charge < -0.3 is 10.2 Å². The van der Waals surface area contributed by atoms with Gasteiger partial charge in [-0.15, -0.1) is 0 Å². The first-order valence-corrected chi connectivity index (χ1v) is 9.15. The number of hydrogen-bond donors (Lipinski definition) is 2. The molecule has 2 amide bonds. The predicted molar refractivity (Wildman–Crippen MR) is 91.5 cm³/mol.